The molecule has 5 heteroatoms. The third kappa shape index (κ3) is 3.81. The van der Waals surface area contributed by atoms with E-state index in [-0.39, 0.29) is 5.91 Å². The van der Waals surface area contributed by atoms with Crippen LogP contribution in [0.3, 0.4) is 0 Å². The van der Waals surface area contributed by atoms with Gasteiger partial charge in [0.2, 0.25) is 0 Å². The molecule has 1 aliphatic carbocycles. The molecular formula is C17H20N4O. The van der Waals surface area contributed by atoms with E-state index in [9.17, 15) is 4.79 Å². The van der Waals surface area contributed by atoms with Crippen molar-refractivity contribution in [2.24, 2.45) is 0 Å². The van der Waals surface area contributed by atoms with Gasteiger partial charge in [0.15, 0.2) is 0 Å². The molecule has 1 aromatic heterocycles. The molecule has 0 radical (unpaired) electrons. The van der Waals surface area contributed by atoms with E-state index >= 15 is 0 Å². The highest BCUT2D eigenvalue weighted by Crippen LogP contribution is 2.18. The standard InChI is InChI=1S/C17H20N4O/c22-17(21-14-8-4-5-9-14)15-11-20-16(12-18-15)19-10-13-6-2-1-3-7-13/h1-3,6-7,11-12,14H,4-5,8-10H2,(H,19,20)(H,21,22). The van der Waals surface area contributed by atoms with E-state index in [2.05, 4.69) is 20.6 Å². The zero-order valence-electron chi connectivity index (χ0n) is 12.5. The number of hydrogen-bond donors (Lipinski definition) is 2. The molecule has 0 aliphatic heterocycles. The van der Waals surface area contributed by atoms with Crippen LogP contribution < -0.4 is 10.6 Å². The normalized spacial score (nSPS) is 14.7. The lowest BCUT2D eigenvalue weighted by molar-refractivity contribution is 0.0932. The van der Waals surface area contributed by atoms with Crippen molar-refractivity contribution in [1.82, 2.24) is 15.3 Å². The molecule has 2 aromatic rings. The third-order valence-electron chi connectivity index (χ3n) is 3.89. The number of benzene rings is 1. The number of hydrogen-bond acceptors (Lipinski definition) is 4. The summed E-state index contributed by atoms with van der Waals surface area (Å²) in [6, 6.07) is 10.4. The molecule has 2 N–H and O–H groups in total. The molecule has 0 atom stereocenters. The number of amides is 1. The second kappa shape index (κ2) is 7.02. The summed E-state index contributed by atoms with van der Waals surface area (Å²) < 4.78 is 0. The molecule has 3 rings (SSSR count). The van der Waals surface area contributed by atoms with Gasteiger partial charge in [0.05, 0.1) is 12.4 Å². The Kier molecular flexibility index (Phi) is 4.63. The van der Waals surface area contributed by atoms with Crippen molar-refractivity contribution < 1.29 is 4.79 Å². The Morgan fingerprint density at radius 3 is 2.55 bits per heavy atom. The number of aromatic nitrogens is 2. The minimum absolute atomic E-state index is 0.131. The average Bonchev–Trinajstić information content (AvgIpc) is 3.07. The van der Waals surface area contributed by atoms with Crippen LogP contribution in [0.2, 0.25) is 0 Å². The average molecular weight is 296 g/mol. The quantitative estimate of drug-likeness (QED) is 0.890. The van der Waals surface area contributed by atoms with Crippen molar-refractivity contribution in [2.75, 3.05) is 5.32 Å². The van der Waals surface area contributed by atoms with Crippen molar-refractivity contribution in [3.8, 4) is 0 Å². The molecular weight excluding hydrogens is 276 g/mol. The number of carbonyl (C=O) groups excluding carboxylic acids is 1. The molecule has 22 heavy (non-hydrogen) atoms. The largest absolute Gasteiger partial charge is 0.365 e. The Hall–Kier alpha value is -2.43. The number of anilines is 1. The van der Waals surface area contributed by atoms with Gasteiger partial charge in [0.25, 0.3) is 5.91 Å². The van der Waals surface area contributed by atoms with E-state index in [0.29, 0.717) is 24.1 Å². The molecule has 1 fully saturated rings. The van der Waals surface area contributed by atoms with Gasteiger partial charge in [-0.3, -0.25) is 4.79 Å². The van der Waals surface area contributed by atoms with Gasteiger partial charge in [0, 0.05) is 12.6 Å². The molecule has 0 unspecified atom stereocenters. The van der Waals surface area contributed by atoms with Gasteiger partial charge in [-0.1, -0.05) is 43.2 Å². The van der Waals surface area contributed by atoms with Crippen LogP contribution in [0.15, 0.2) is 42.7 Å². The highest BCUT2D eigenvalue weighted by Gasteiger charge is 2.18. The van der Waals surface area contributed by atoms with Crippen LogP contribution in [-0.4, -0.2) is 21.9 Å². The first kappa shape index (κ1) is 14.5. The van der Waals surface area contributed by atoms with Crippen LogP contribution in [0, 0.1) is 0 Å². The van der Waals surface area contributed by atoms with Gasteiger partial charge in [-0.15, -0.1) is 0 Å². The maximum absolute atomic E-state index is 12.1. The van der Waals surface area contributed by atoms with Crippen LogP contribution in [0.5, 0.6) is 0 Å². The van der Waals surface area contributed by atoms with Crippen LogP contribution in [0.25, 0.3) is 0 Å². The molecule has 1 saturated carbocycles. The Morgan fingerprint density at radius 1 is 1.09 bits per heavy atom. The molecule has 1 amide bonds. The molecule has 114 valence electrons. The lowest BCUT2D eigenvalue weighted by Crippen LogP contribution is -2.33. The molecule has 0 saturated heterocycles. The Bertz CT molecular complexity index is 606. The Balaban J connectivity index is 1.54. The predicted octanol–water partition coefficient (Wildman–Crippen LogP) is 2.76. The van der Waals surface area contributed by atoms with Crippen LogP contribution in [0.1, 0.15) is 41.7 Å². The van der Waals surface area contributed by atoms with Crippen LogP contribution in [-0.2, 0) is 6.54 Å². The minimum atomic E-state index is -0.131. The lowest BCUT2D eigenvalue weighted by atomic mass is 10.2. The zero-order chi connectivity index (χ0) is 15.2. The van der Waals surface area contributed by atoms with Gasteiger partial charge in [-0.25, -0.2) is 9.97 Å². The van der Waals surface area contributed by atoms with E-state index in [1.165, 1.54) is 24.6 Å². The molecule has 1 aromatic carbocycles. The molecule has 1 aliphatic rings. The first-order valence-corrected chi connectivity index (χ1v) is 7.72. The summed E-state index contributed by atoms with van der Waals surface area (Å²) in [5.41, 5.74) is 1.55. The summed E-state index contributed by atoms with van der Waals surface area (Å²) in [5, 5.41) is 6.21. The molecule has 0 spiro atoms. The highest BCUT2D eigenvalue weighted by atomic mass is 16.1. The minimum Gasteiger partial charge on any atom is -0.365 e. The predicted molar refractivity (Wildman–Crippen MR) is 85.5 cm³/mol. The van der Waals surface area contributed by atoms with Crippen LogP contribution >= 0.6 is 0 Å². The first-order chi connectivity index (χ1) is 10.8. The Labute approximate surface area is 130 Å². The maximum Gasteiger partial charge on any atom is 0.271 e. The number of nitrogens with one attached hydrogen (secondary N) is 2. The summed E-state index contributed by atoms with van der Waals surface area (Å²) in [7, 11) is 0. The van der Waals surface area contributed by atoms with E-state index in [0.717, 1.165) is 12.8 Å². The molecule has 0 bridgehead atoms. The van der Waals surface area contributed by atoms with Gasteiger partial charge < -0.3 is 10.6 Å². The number of carbonyl (C=O) groups is 1. The van der Waals surface area contributed by atoms with E-state index in [4.69, 9.17) is 0 Å². The second-order valence-electron chi connectivity index (χ2n) is 5.58. The fraction of sp³-hybridized carbons (Fsp3) is 0.353. The third-order valence-corrected chi connectivity index (χ3v) is 3.89. The molecule has 1 heterocycles. The highest BCUT2D eigenvalue weighted by molar-refractivity contribution is 5.92. The van der Waals surface area contributed by atoms with E-state index in [1.807, 2.05) is 30.3 Å². The smallest absolute Gasteiger partial charge is 0.271 e. The van der Waals surface area contributed by atoms with Crippen molar-refractivity contribution in [1.29, 1.82) is 0 Å². The first-order valence-electron chi connectivity index (χ1n) is 7.72. The van der Waals surface area contributed by atoms with Gasteiger partial charge in [0.1, 0.15) is 11.5 Å². The summed E-state index contributed by atoms with van der Waals surface area (Å²) >= 11 is 0. The van der Waals surface area contributed by atoms with Gasteiger partial charge in [-0.05, 0) is 18.4 Å². The molecule has 5 nitrogen and oxygen atoms in total. The topological polar surface area (TPSA) is 66.9 Å². The van der Waals surface area contributed by atoms with E-state index < -0.39 is 0 Å². The number of nitrogens with zero attached hydrogens (tertiary/aromatic N) is 2. The summed E-state index contributed by atoms with van der Waals surface area (Å²) in [6.45, 7) is 0.684. The van der Waals surface area contributed by atoms with Crippen molar-refractivity contribution in [2.45, 2.75) is 38.3 Å². The van der Waals surface area contributed by atoms with Gasteiger partial charge >= 0.3 is 0 Å². The van der Waals surface area contributed by atoms with Gasteiger partial charge in [-0.2, -0.15) is 0 Å². The van der Waals surface area contributed by atoms with Crippen LogP contribution in [0.4, 0.5) is 5.82 Å². The fourth-order valence-corrected chi connectivity index (χ4v) is 2.65. The van der Waals surface area contributed by atoms with Crippen molar-refractivity contribution >= 4 is 11.7 Å². The fourth-order valence-electron chi connectivity index (χ4n) is 2.65. The summed E-state index contributed by atoms with van der Waals surface area (Å²) in [4.78, 5) is 20.5. The van der Waals surface area contributed by atoms with Crippen molar-refractivity contribution in [3.63, 3.8) is 0 Å². The van der Waals surface area contributed by atoms with E-state index in [1.54, 1.807) is 6.20 Å². The van der Waals surface area contributed by atoms with Crippen molar-refractivity contribution in [3.05, 3.63) is 54.0 Å². The zero-order valence-corrected chi connectivity index (χ0v) is 12.5. The summed E-state index contributed by atoms with van der Waals surface area (Å²) in [6.07, 6.45) is 7.65. The lowest BCUT2D eigenvalue weighted by Gasteiger charge is -2.11. The second-order valence-corrected chi connectivity index (χ2v) is 5.58. The SMILES string of the molecule is O=C(NC1CCCC1)c1cnc(NCc2ccccc2)cn1. The Morgan fingerprint density at radius 2 is 1.86 bits per heavy atom. The summed E-state index contributed by atoms with van der Waals surface area (Å²) in [5.74, 6) is 0.537. The number of rotatable bonds is 5. The monoisotopic (exact) mass is 296 g/mol. The maximum atomic E-state index is 12.1.